The second-order valence-electron chi connectivity index (χ2n) is 2.06. The molecule has 59 valence electrons. The van der Waals surface area contributed by atoms with Gasteiger partial charge in [0.25, 0.3) is 0 Å². The first-order valence-corrected chi connectivity index (χ1v) is 4.11. The molecule has 0 aromatic carbocycles. The predicted octanol–water partition coefficient (Wildman–Crippen LogP) is 1.91. The van der Waals surface area contributed by atoms with Crippen molar-refractivity contribution in [1.29, 1.82) is 0 Å². The van der Waals surface area contributed by atoms with Gasteiger partial charge in [-0.05, 0) is 30.4 Å². The molecule has 1 aromatic rings. The fraction of sp³-hybridized carbons (Fsp3) is 0.250. The van der Waals surface area contributed by atoms with Crippen molar-refractivity contribution in [2.45, 2.75) is 6.42 Å². The molecule has 1 heterocycles. The summed E-state index contributed by atoms with van der Waals surface area (Å²) in [6.45, 7) is 3.71. The van der Waals surface area contributed by atoms with Gasteiger partial charge in [-0.25, -0.2) is 4.79 Å². The van der Waals surface area contributed by atoms with Crippen LogP contribution in [0.2, 0.25) is 0 Å². The number of carbonyl (C=O) groups is 1. The van der Waals surface area contributed by atoms with Crippen molar-refractivity contribution >= 4 is 17.3 Å². The summed E-state index contributed by atoms with van der Waals surface area (Å²) in [5.74, 6) is -0.269. The summed E-state index contributed by atoms with van der Waals surface area (Å²) in [6.07, 6.45) is 0.716. The number of carbonyl (C=O) groups excluding carboxylic acids is 1. The maximum atomic E-state index is 10.9. The van der Waals surface area contributed by atoms with Gasteiger partial charge in [0.2, 0.25) is 0 Å². The minimum atomic E-state index is -0.269. The van der Waals surface area contributed by atoms with Gasteiger partial charge < -0.3 is 4.74 Å². The Labute approximate surface area is 69.8 Å². The summed E-state index contributed by atoms with van der Waals surface area (Å²) < 4.78 is 4.55. The molecule has 0 spiro atoms. The number of methoxy groups -OCH3 is 1. The van der Waals surface area contributed by atoms with Crippen molar-refractivity contribution in [2.24, 2.45) is 0 Å². The van der Waals surface area contributed by atoms with E-state index in [2.05, 4.69) is 11.7 Å². The summed E-state index contributed by atoms with van der Waals surface area (Å²) in [5, 5.41) is 1.92. The Balaban J connectivity index is 2.80. The molecule has 0 bridgehead atoms. The Morgan fingerprint density at radius 2 is 2.55 bits per heavy atom. The lowest BCUT2D eigenvalue weighted by Crippen LogP contribution is -1.96. The van der Waals surface area contributed by atoms with Gasteiger partial charge in [0.15, 0.2) is 0 Å². The molecule has 1 aromatic heterocycles. The van der Waals surface area contributed by atoms with E-state index in [4.69, 9.17) is 0 Å². The second-order valence-corrected chi connectivity index (χ2v) is 2.97. The van der Waals surface area contributed by atoms with Crippen LogP contribution < -0.4 is 0 Å². The van der Waals surface area contributed by atoms with Gasteiger partial charge >= 0.3 is 5.97 Å². The van der Waals surface area contributed by atoms with Crippen molar-refractivity contribution in [3.8, 4) is 0 Å². The zero-order chi connectivity index (χ0) is 8.27. The molecule has 0 atom stereocenters. The Morgan fingerprint density at radius 3 is 3.00 bits per heavy atom. The number of hydrogen-bond acceptors (Lipinski definition) is 3. The number of ether oxygens (including phenoxy) is 1. The van der Waals surface area contributed by atoms with E-state index in [9.17, 15) is 4.79 Å². The van der Waals surface area contributed by atoms with Crippen molar-refractivity contribution in [2.75, 3.05) is 7.11 Å². The average molecular weight is 169 g/mol. The maximum Gasteiger partial charge on any atom is 0.348 e. The minimum absolute atomic E-state index is 0.269. The highest BCUT2D eigenvalue weighted by Gasteiger charge is 2.06. The normalized spacial score (nSPS) is 9.64. The van der Waals surface area contributed by atoms with E-state index < -0.39 is 0 Å². The molecule has 0 aliphatic carbocycles. The number of rotatable bonds is 2. The van der Waals surface area contributed by atoms with E-state index in [0.29, 0.717) is 11.3 Å². The molecular weight excluding hydrogens is 160 g/mol. The Bertz CT molecular complexity index is 252. The fourth-order valence-corrected chi connectivity index (χ4v) is 1.58. The van der Waals surface area contributed by atoms with Crippen LogP contribution in [-0.4, -0.2) is 13.1 Å². The molecule has 0 aliphatic heterocycles. The van der Waals surface area contributed by atoms with Crippen LogP contribution >= 0.6 is 11.3 Å². The van der Waals surface area contributed by atoms with E-state index in [1.807, 2.05) is 11.4 Å². The van der Waals surface area contributed by atoms with Crippen LogP contribution in [0.15, 0.2) is 11.4 Å². The quantitative estimate of drug-likeness (QED) is 0.632. The first-order chi connectivity index (χ1) is 5.27. The molecular formula is C8H9O2S. The lowest BCUT2D eigenvalue weighted by Gasteiger charge is -1.91. The standard InChI is InChI=1S/C8H9O2S/c1-3-6-4-7(11-5-6)8(9)10-2/h4-5H,1,3H2,2H3. The molecule has 0 amide bonds. The zero-order valence-corrected chi connectivity index (χ0v) is 7.11. The van der Waals surface area contributed by atoms with Crippen LogP contribution in [0.3, 0.4) is 0 Å². The molecule has 0 fully saturated rings. The largest absolute Gasteiger partial charge is 0.465 e. The molecule has 0 aliphatic rings. The SMILES string of the molecule is [CH2]Cc1csc(C(=O)OC)c1. The fourth-order valence-electron chi connectivity index (χ4n) is 0.714. The van der Waals surface area contributed by atoms with Gasteiger partial charge in [0.1, 0.15) is 4.88 Å². The van der Waals surface area contributed by atoms with Gasteiger partial charge in [-0.2, -0.15) is 0 Å². The third-order valence-electron chi connectivity index (χ3n) is 1.33. The van der Waals surface area contributed by atoms with Gasteiger partial charge in [0.05, 0.1) is 7.11 Å². The summed E-state index contributed by atoms with van der Waals surface area (Å²) in [7, 11) is 1.38. The molecule has 0 saturated heterocycles. The smallest absolute Gasteiger partial charge is 0.348 e. The van der Waals surface area contributed by atoms with Crippen LogP contribution in [0, 0.1) is 6.92 Å². The molecule has 1 rings (SSSR count). The summed E-state index contributed by atoms with van der Waals surface area (Å²) >= 11 is 1.39. The van der Waals surface area contributed by atoms with E-state index in [-0.39, 0.29) is 5.97 Å². The molecule has 0 saturated carbocycles. The van der Waals surface area contributed by atoms with Crippen LogP contribution in [0.4, 0.5) is 0 Å². The predicted molar refractivity (Wildman–Crippen MR) is 44.7 cm³/mol. The Morgan fingerprint density at radius 1 is 1.82 bits per heavy atom. The molecule has 2 nitrogen and oxygen atoms in total. The summed E-state index contributed by atoms with van der Waals surface area (Å²) in [4.78, 5) is 11.6. The Kier molecular flexibility index (Phi) is 2.65. The molecule has 0 unspecified atom stereocenters. The third kappa shape index (κ3) is 1.80. The van der Waals surface area contributed by atoms with Crippen molar-refractivity contribution in [1.82, 2.24) is 0 Å². The molecule has 0 N–H and O–H groups in total. The van der Waals surface area contributed by atoms with Gasteiger partial charge in [-0.1, -0.05) is 0 Å². The number of esters is 1. The zero-order valence-electron chi connectivity index (χ0n) is 6.29. The Hall–Kier alpha value is -0.830. The molecule has 11 heavy (non-hydrogen) atoms. The summed E-state index contributed by atoms with van der Waals surface area (Å²) in [6, 6.07) is 1.81. The molecule has 1 radical (unpaired) electrons. The highest BCUT2D eigenvalue weighted by atomic mass is 32.1. The lowest BCUT2D eigenvalue weighted by molar-refractivity contribution is 0.0606. The summed E-state index contributed by atoms with van der Waals surface area (Å²) in [5.41, 5.74) is 1.08. The number of thiophene rings is 1. The van der Waals surface area contributed by atoms with Crippen molar-refractivity contribution < 1.29 is 9.53 Å². The van der Waals surface area contributed by atoms with Crippen LogP contribution in [-0.2, 0) is 11.2 Å². The van der Waals surface area contributed by atoms with Crippen LogP contribution in [0.25, 0.3) is 0 Å². The topological polar surface area (TPSA) is 26.3 Å². The third-order valence-corrected chi connectivity index (χ3v) is 2.29. The minimum Gasteiger partial charge on any atom is -0.465 e. The van der Waals surface area contributed by atoms with Gasteiger partial charge in [-0.3, -0.25) is 0 Å². The number of hydrogen-bond donors (Lipinski definition) is 0. The van der Waals surface area contributed by atoms with Crippen LogP contribution in [0.1, 0.15) is 15.2 Å². The van der Waals surface area contributed by atoms with E-state index in [0.717, 1.165) is 5.56 Å². The lowest BCUT2D eigenvalue weighted by atomic mass is 10.2. The van der Waals surface area contributed by atoms with E-state index in [1.54, 1.807) is 0 Å². The first-order valence-electron chi connectivity index (χ1n) is 3.23. The first kappa shape index (κ1) is 8.27. The highest BCUT2D eigenvalue weighted by molar-refractivity contribution is 7.12. The second kappa shape index (κ2) is 3.53. The van der Waals surface area contributed by atoms with Crippen molar-refractivity contribution in [3.05, 3.63) is 28.8 Å². The van der Waals surface area contributed by atoms with Gasteiger partial charge in [-0.15, -0.1) is 11.3 Å². The maximum absolute atomic E-state index is 10.9. The van der Waals surface area contributed by atoms with E-state index >= 15 is 0 Å². The highest BCUT2D eigenvalue weighted by Crippen LogP contribution is 2.15. The van der Waals surface area contributed by atoms with Crippen molar-refractivity contribution in [3.63, 3.8) is 0 Å². The monoisotopic (exact) mass is 169 g/mol. The molecule has 3 heteroatoms. The van der Waals surface area contributed by atoms with E-state index in [1.165, 1.54) is 18.4 Å². The average Bonchev–Trinajstić information content (AvgIpc) is 2.50. The van der Waals surface area contributed by atoms with Gasteiger partial charge in [0, 0.05) is 0 Å². The van der Waals surface area contributed by atoms with Crippen LogP contribution in [0.5, 0.6) is 0 Å².